The summed E-state index contributed by atoms with van der Waals surface area (Å²) in [5, 5.41) is 8.13. The Labute approximate surface area is 109 Å². The fourth-order valence-corrected chi connectivity index (χ4v) is 2.29. The largest absolute Gasteiger partial charge is 0.465 e. The molecule has 0 radical (unpaired) electrons. The molecule has 0 spiro atoms. The second-order valence-electron chi connectivity index (χ2n) is 3.66. The second kappa shape index (κ2) is 5.18. The number of carbonyl (C=O) groups excluding carboxylic acids is 1. The molecule has 2 rings (SSSR count). The van der Waals surface area contributed by atoms with E-state index in [1.54, 1.807) is 4.68 Å². The Balaban J connectivity index is 2.18. The molecular weight excluding hydrogens is 252 g/mol. The summed E-state index contributed by atoms with van der Waals surface area (Å²) in [6.07, 6.45) is 4.22. The van der Waals surface area contributed by atoms with Crippen LogP contribution >= 0.6 is 11.3 Å². The van der Waals surface area contributed by atoms with E-state index < -0.39 is 0 Å². The minimum absolute atomic E-state index is 0.373. The van der Waals surface area contributed by atoms with Gasteiger partial charge < -0.3 is 10.1 Å². The highest BCUT2D eigenvalue weighted by atomic mass is 32.1. The van der Waals surface area contributed by atoms with Crippen molar-refractivity contribution in [2.24, 2.45) is 7.05 Å². The zero-order valence-corrected chi connectivity index (χ0v) is 11.2. The molecule has 1 N–H and O–H groups in total. The number of nitrogens with one attached hydrogen (secondary N) is 1. The van der Waals surface area contributed by atoms with Crippen molar-refractivity contribution >= 4 is 28.1 Å². The van der Waals surface area contributed by atoms with Crippen LogP contribution in [-0.4, -0.2) is 27.8 Å². The lowest BCUT2D eigenvalue weighted by Crippen LogP contribution is -1.96. The Hall–Kier alpha value is -1.89. The number of aryl methyl sites for hydroxylation is 2. The number of carbonyl (C=O) groups is 1. The molecule has 6 nitrogen and oxygen atoms in total. The van der Waals surface area contributed by atoms with Gasteiger partial charge >= 0.3 is 5.97 Å². The Morgan fingerprint density at radius 2 is 2.39 bits per heavy atom. The zero-order chi connectivity index (χ0) is 13.1. The monoisotopic (exact) mass is 266 g/mol. The van der Waals surface area contributed by atoms with Crippen LogP contribution in [-0.2, 0) is 18.2 Å². The number of ether oxygens (including phenoxy) is 1. The molecular formula is C11H14N4O2S. The van der Waals surface area contributed by atoms with Crippen LogP contribution < -0.4 is 5.32 Å². The van der Waals surface area contributed by atoms with Crippen LogP contribution in [0.5, 0.6) is 0 Å². The average Bonchev–Trinajstić information content (AvgIpc) is 2.95. The van der Waals surface area contributed by atoms with Gasteiger partial charge in [-0.25, -0.2) is 9.78 Å². The van der Waals surface area contributed by atoms with Crippen molar-refractivity contribution in [1.82, 2.24) is 14.8 Å². The molecule has 2 aromatic heterocycles. The van der Waals surface area contributed by atoms with Crippen molar-refractivity contribution in [1.29, 1.82) is 0 Å². The first-order valence-electron chi connectivity index (χ1n) is 5.47. The summed E-state index contributed by atoms with van der Waals surface area (Å²) in [4.78, 5) is 15.9. The van der Waals surface area contributed by atoms with Crippen molar-refractivity contribution in [3.8, 4) is 0 Å². The number of hydrogen-bond acceptors (Lipinski definition) is 6. The quantitative estimate of drug-likeness (QED) is 0.857. The minimum Gasteiger partial charge on any atom is -0.465 e. The van der Waals surface area contributed by atoms with E-state index in [1.165, 1.54) is 24.6 Å². The Kier molecular flexibility index (Phi) is 3.61. The molecule has 0 bridgehead atoms. The fourth-order valence-electron chi connectivity index (χ4n) is 1.54. The Bertz CT molecular complexity index is 561. The van der Waals surface area contributed by atoms with Crippen LogP contribution in [0.2, 0.25) is 0 Å². The molecule has 7 heteroatoms. The van der Waals surface area contributed by atoms with Gasteiger partial charge in [-0.15, -0.1) is 0 Å². The van der Waals surface area contributed by atoms with E-state index in [2.05, 4.69) is 20.1 Å². The van der Waals surface area contributed by atoms with Crippen LogP contribution in [0.4, 0.5) is 10.8 Å². The average molecular weight is 266 g/mol. The van der Waals surface area contributed by atoms with Gasteiger partial charge in [-0.2, -0.15) is 5.10 Å². The standard InChI is InChI=1S/C11H14N4O2S/c1-4-7-8(6-15(2)14-7)13-11-12-5-9(18-11)10(16)17-3/h5-6H,4H2,1-3H3,(H,12,13). The van der Waals surface area contributed by atoms with Crippen LogP contribution in [0.1, 0.15) is 22.3 Å². The molecule has 0 saturated heterocycles. The fraction of sp³-hybridized carbons (Fsp3) is 0.364. The van der Waals surface area contributed by atoms with Gasteiger partial charge in [0, 0.05) is 13.2 Å². The third-order valence-corrected chi connectivity index (χ3v) is 3.27. The van der Waals surface area contributed by atoms with Gasteiger partial charge in [-0.3, -0.25) is 4.68 Å². The van der Waals surface area contributed by atoms with Gasteiger partial charge in [0.1, 0.15) is 4.88 Å². The maximum absolute atomic E-state index is 11.3. The molecule has 0 aliphatic carbocycles. The lowest BCUT2D eigenvalue weighted by molar-refractivity contribution is 0.0606. The normalized spacial score (nSPS) is 10.4. The maximum Gasteiger partial charge on any atom is 0.349 e. The van der Waals surface area contributed by atoms with Gasteiger partial charge in [0.2, 0.25) is 0 Å². The van der Waals surface area contributed by atoms with Crippen LogP contribution in [0.25, 0.3) is 0 Å². The highest BCUT2D eigenvalue weighted by molar-refractivity contribution is 7.17. The van der Waals surface area contributed by atoms with E-state index in [0.29, 0.717) is 10.0 Å². The van der Waals surface area contributed by atoms with E-state index >= 15 is 0 Å². The van der Waals surface area contributed by atoms with E-state index in [-0.39, 0.29) is 5.97 Å². The SMILES string of the molecule is CCc1nn(C)cc1Nc1ncc(C(=O)OC)s1. The second-order valence-corrected chi connectivity index (χ2v) is 4.69. The highest BCUT2D eigenvalue weighted by Crippen LogP contribution is 2.24. The van der Waals surface area contributed by atoms with Gasteiger partial charge in [0.25, 0.3) is 0 Å². The topological polar surface area (TPSA) is 69.0 Å². The molecule has 0 atom stereocenters. The highest BCUT2D eigenvalue weighted by Gasteiger charge is 2.12. The van der Waals surface area contributed by atoms with E-state index in [0.717, 1.165) is 17.8 Å². The number of thiazole rings is 1. The van der Waals surface area contributed by atoms with Gasteiger partial charge in [0.15, 0.2) is 5.13 Å². The predicted molar refractivity (Wildman–Crippen MR) is 69.3 cm³/mol. The van der Waals surface area contributed by atoms with Crippen molar-refractivity contribution in [3.05, 3.63) is 23.0 Å². The third kappa shape index (κ3) is 2.51. The molecule has 0 aliphatic heterocycles. The first-order valence-corrected chi connectivity index (χ1v) is 6.29. The van der Waals surface area contributed by atoms with Crippen molar-refractivity contribution in [2.45, 2.75) is 13.3 Å². The summed E-state index contributed by atoms with van der Waals surface area (Å²) < 4.78 is 6.38. The molecule has 2 aromatic rings. The number of anilines is 2. The summed E-state index contributed by atoms with van der Waals surface area (Å²) in [6.45, 7) is 2.04. The molecule has 0 unspecified atom stereocenters. The van der Waals surface area contributed by atoms with E-state index in [4.69, 9.17) is 0 Å². The molecule has 0 aliphatic rings. The third-order valence-electron chi connectivity index (χ3n) is 2.37. The van der Waals surface area contributed by atoms with E-state index in [1.807, 2.05) is 20.2 Å². The minimum atomic E-state index is -0.373. The van der Waals surface area contributed by atoms with Crippen molar-refractivity contribution in [2.75, 3.05) is 12.4 Å². The molecule has 0 saturated carbocycles. The summed E-state index contributed by atoms with van der Waals surface area (Å²) in [5.74, 6) is -0.373. The van der Waals surface area contributed by atoms with E-state index in [9.17, 15) is 4.79 Å². The zero-order valence-electron chi connectivity index (χ0n) is 10.4. The number of methoxy groups -OCH3 is 1. The first kappa shape index (κ1) is 12.6. The van der Waals surface area contributed by atoms with Gasteiger partial charge in [-0.05, 0) is 6.42 Å². The lowest BCUT2D eigenvalue weighted by Gasteiger charge is -1.99. The number of aromatic nitrogens is 3. The summed E-state index contributed by atoms with van der Waals surface area (Å²) in [6, 6.07) is 0. The summed E-state index contributed by atoms with van der Waals surface area (Å²) in [7, 11) is 3.22. The molecule has 0 fully saturated rings. The summed E-state index contributed by atoms with van der Waals surface area (Å²) in [5.41, 5.74) is 1.87. The maximum atomic E-state index is 11.3. The molecule has 0 amide bonds. The number of hydrogen-bond donors (Lipinski definition) is 1. The molecule has 96 valence electrons. The summed E-state index contributed by atoms with van der Waals surface area (Å²) >= 11 is 1.26. The molecule has 0 aromatic carbocycles. The predicted octanol–water partition coefficient (Wildman–Crippen LogP) is 1.97. The Morgan fingerprint density at radius 1 is 1.61 bits per heavy atom. The number of rotatable bonds is 4. The first-order chi connectivity index (χ1) is 8.63. The van der Waals surface area contributed by atoms with Crippen LogP contribution in [0, 0.1) is 0 Å². The van der Waals surface area contributed by atoms with Crippen LogP contribution in [0.15, 0.2) is 12.4 Å². The number of esters is 1. The Morgan fingerprint density at radius 3 is 3.06 bits per heavy atom. The number of nitrogens with zero attached hydrogens (tertiary/aromatic N) is 3. The molecule has 18 heavy (non-hydrogen) atoms. The van der Waals surface area contributed by atoms with Crippen molar-refractivity contribution < 1.29 is 9.53 Å². The smallest absolute Gasteiger partial charge is 0.349 e. The molecule has 2 heterocycles. The van der Waals surface area contributed by atoms with Gasteiger partial charge in [0.05, 0.1) is 24.7 Å². The van der Waals surface area contributed by atoms with Crippen molar-refractivity contribution in [3.63, 3.8) is 0 Å². The van der Waals surface area contributed by atoms with Gasteiger partial charge in [-0.1, -0.05) is 18.3 Å². The lowest BCUT2D eigenvalue weighted by atomic mass is 10.3. The van der Waals surface area contributed by atoms with Crippen LogP contribution in [0.3, 0.4) is 0 Å².